The molecule has 3 aliphatic rings. The fourth-order valence-electron chi connectivity index (χ4n) is 3.16. The molecule has 2 unspecified atom stereocenters. The Labute approximate surface area is 107 Å². The van der Waals surface area contributed by atoms with Crippen LogP contribution in [0.25, 0.3) is 0 Å². The Morgan fingerprint density at radius 3 is 2.44 bits per heavy atom. The van der Waals surface area contributed by atoms with Gasteiger partial charge in [0.15, 0.2) is 0 Å². The number of nitrogens with one attached hydrogen (secondary N) is 1. The van der Waals surface area contributed by atoms with E-state index in [-0.39, 0.29) is 17.0 Å². The molecule has 3 heterocycles. The van der Waals surface area contributed by atoms with Crippen LogP contribution in [0.4, 0.5) is 0 Å². The van der Waals surface area contributed by atoms with Gasteiger partial charge in [-0.3, -0.25) is 4.90 Å². The summed E-state index contributed by atoms with van der Waals surface area (Å²) in [6.07, 6.45) is 2.14. The molecule has 0 spiro atoms. The number of nitrogens with zero attached hydrogens (tertiary/aromatic N) is 1. The molecule has 96 valence electrons. The zero-order chi connectivity index (χ0) is 12.5. The monoisotopic (exact) mass is 246 g/mol. The highest BCUT2D eigenvalue weighted by molar-refractivity contribution is 5.87. The minimum Gasteiger partial charge on any atom is -0.626 e. The first-order chi connectivity index (χ1) is 8.75. The summed E-state index contributed by atoms with van der Waals surface area (Å²) in [5.41, 5.74) is 0.527. The van der Waals surface area contributed by atoms with Crippen molar-refractivity contribution in [2.75, 3.05) is 19.6 Å². The van der Waals surface area contributed by atoms with Crippen LogP contribution in [-0.4, -0.2) is 36.5 Å². The molecule has 4 rings (SSSR count). The van der Waals surface area contributed by atoms with Crippen LogP contribution in [0.1, 0.15) is 23.2 Å². The number of benzene rings is 1. The first kappa shape index (κ1) is 11.8. The number of rotatable bonds is 2. The van der Waals surface area contributed by atoms with Crippen LogP contribution >= 0.6 is 0 Å². The zero-order valence-electron chi connectivity index (χ0n) is 10.3. The maximum atomic E-state index is 12.3. The number of hydrogen-bond acceptors (Lipinski definition) is 3. The van der Waals surface area contributed by atoms with Crippen molar-refractivity contribution in [3.05, 3.63) is 41.1 Å². The van der Waals surface area contributed by atoms with Gasteiger partial charge in [-0.05, 0) is 38.1 Å². The van der Waals surface area contributed by atoms with Crippen LogP contribution in [0.3, 0.4) is 0 Å². The maximum absolute atomic E-state index is 12.3. The number of piperidine rings is 3. The molecule has 0 saturated carbocycles. The van der Waals surface area contributed by atoms with Gasteiger partial charge in [0.05, 0.1) is 12.1 Å². The molecule has 1 N–H and O–H groups in total. The lowest BCUT2D eigenvalue weighted by atomic mass is 9.83. The Hall–Kier alpha value is -1.23. The zero-order valence-corrected chi connectivity index (χ0v) is 10.3. The molecule has 1 amide bonds. The Kier molecular flexibility index (Phi) is 3.16. The van der Waals surface area contributed by atoms with Gasteiger partial charge in [0.1, 0.15) is 6.04 Å². The summed E-state index contributed by atoms with van der Waals surface area (Å²) in [5.74, 6) is 0.115. The lowest BCUT2D eigenvalue weighted by molar-refractivity contribution is -0.796. The van der Waals surface area contributed by atoms with E-state index in [2.05, 4.69) is 4.90 Å². The highest BCUT2D eigenvalue weighted by atomic mass is 16.5. The minimum absolute atomic E-state index is 0.0693. The molecular weight excluding hydrogens is 228 g/mol. The second kappa shape index (κ2) is 4.80. The van der Waals surface area contributed by atoms with E-state index in [4.69, 9.17) is 0 Å². The largest absolute Gasteiger partial charge is 0.626 e. The normalized spacial score (nSPS) is 32.2. The average Bonchev–Trinajstić information content (AvgIpc) is 2.48. The van der Waals surface area contributed by atoms with Crippen LogP contribution in [0.15, 0.2) is 30.3 Å². The molecular formula is C14H18N2O2. The molecule has 3 aliphatic heterocycles. The van der Waals surface area contributed by atoms with Crippen LogP contribution < -0.4 is 5.06 Å². The number of carbonyl (C=O) groups is 1. The van der Waals surface area contributed by atoms with Crippen molar-refractivity contribution in [1.29, 1.82) is 0 Å². The van der Waals surface area contributed by atoms with E-state index in [1.54, 1.807) is 24.3 Å². The first-order valence-electron chi connectivity index (χ1n) is 6.61. The summed E-state index contributed by atoms with van der Waals surface area (Å²) in [6.45, 7) is 2.96. The molecule has 2 bridgehead atoms. The average molecular weight is 246 g/mol. The molecule has 18 heavy (non-hydrogen) atoms. The van der Waals surface area contributed by atoms with Crippen molar-refractivity contribution < 1.29 is 9.86 Å². The van der Waals surface area contributed by atoms with E-state index in [0.717, 1.165) is 32.5 Å². The Morgan fingerprint density at radius 2 is 1.89 bits per heavy atom. The van der Waals surface area contributed by atoms with E-state index < -0.39 is 0 Å². The summed E-state index contributed by atoms with van der Waals surface area (Å²) < 4.78 is 0. The Bertz CT molecular complexity index is 427. The quantitative estimate of drug-likeness (QED) is 0.764. The van der Waals surface area contributed by atoms with E-state index in [0.29, 0.717) is 11.5 Å². The van der Waals surface area contributed by atoms with Gasteiger partial charge in [-0.15, -0.1) is 0 Å². The number of hydrogen-bond donors (Lipinski definition) is 1. The van der Waals surface area contributed by atoms with E-state index in [9.17, 15) is 10.0 Å². The summed E-state index contributed by atoms with van der Waals surface area (Å²) in [4.78, 5) is 14.5. The second-order valence-corrected chi connectivity index (χ2v) is 5.30. The molecule has 0 aromatic heterocycles. The molecule has 4 nitrogen and oxygen atoms in total. The summed E-state index contributed by atoms with van der Waals surface area (Å²) >= 11 is 0. The lowest BCUT2D eigenvalue weighted by Gasteiger charge is -2.47. The highest BCUT2D eigenvalue weighted by Crippen LogP contribution is 2.26. The summed E-state index contributed by atoms with van der Waals surface area (Å²) in [7, 11) is 0. The standard InChI is InChI=1S/C14H18N2O2/c17-14(12-4-2-1-3-5-12)16(18)13-10-15-8-6-11(13)7-9-15/h1-5,11,13,16H,6-10H2. The van der Waals surface area contributed by atoms with E-state index >= 15 is 0 Å². The number of hydroxylamine groups is 2. The smallest absolute Gasteiger partial charge is 0.344 e. The van der Waals surface area contributed by atoms with Gasteiger partial charge in [-0.25, -0.2) is 4.79 Å². The third-order valence-corrected chi connectivity index (χ3v) is 4.25. The maximum Gasteiger partial charge on any atom is 0.344 e. The number of carbonyl (C=O) groups excluding carboxylic acids is 1. The number of quaternary nitrogens is 1. The minimum atomic E-state index is -0.311. The van der Waals surface area contributed by atoms with Gasteiger partial charge < -0.3 is 10.3 Å². The summed E-state index contributed by atoms with van der Waals surface area (Å²) in [5, 5.41) is 12.1. The van der Waals surface area contributed by atoms with Crippen LogP contribution in [0, 0.1) is 11.1 Å². The van der Waals surface area contributed by atoms with Crippen molar-refractivity contribution >= 4 is 5.91 Å². The van der Waals surface area contributed by atoms with Crippen LogP contribution in [0.2, 0.25) is 0 Å². The SMILES string of the molecule is O=C(c1ccccc1)[NH+]([O-])C1CN2CCC1CC2. The topological polar surface area (TPSA) is 47.8 Å². The van der Waals surface area contributed by atoms with E-state index in [1.807, 2.05) is 6.07 Å². The fourth-order valence-corrected chi connectivity index (χ4v) is 3.16. The first-order valence-corrected chi connectivity index (χ1v) is 6.61. The van der Waals surface area contributed by atoms with Crippen LogP contribution in [-0.2, 0) is 0 Å². The second-order valence-electron chi connectivity index (χ2n) is 5.30. The van der Waals surface area contributed by atoms with Gasteiger partial charge in [0.25, 0.3) is 0 Å². The fraction of sp³-hybridized carbons (Fsp3) is 0.500. The molecule has 3 saturated heterocycles. The molecule has 1 aromatic rings. The number of fused-ring (bicyclic) bond motifs is 3. The molecule has 2 atom stereocenters. The molecule has 1 aromatic carbocycles. The van der Waals surface area contributed by atoms with Crippen molar-refractivity contribution in [2.45, 2.75) is 18.9 Å². The molecule has 0 aliphatic carbocycles. The predicted molar refractivity (Wildman–Crippen MR) is 68.1 cm³/mol. The molecule has 3 fully saturated rings. The van der Waals surface area contributed by atoms with Gasteiger partial charge in [-0.2, -0.15) is 0 Å². The third kappa shape index (κ3) is 2.07. The third-order valence-electron chi connectivity index (χ3n) is 4.25. The van der Waals surface area contributed by atoms with Crippen molar-refractivity contribution in [2.24, 2.45) is 5.92 Å². The van der Waals surface area contributed by atoms with Crippen LogP contribution in [0.5, 0.6) is 0 Å². The molecule has 4 heteroatoms. The predicted octanol–water partition coefficient (Wildman–Crippen LogP) is 0.304. The van der Waals surface area contributed by atoms with Crippen molar-refractivity contribution in [3.63, 3.8) is 0 Å². The van der Waals surface area contributed by atoms with Crippen molar-refractivity contribution in [3.8, 4) is 0 Å². The highest BCUT2D eigenvalue weighted by Gasteiger charge is 2.40. The van der Waals surface area contributed by atoms with E-state index in [1.165, 1.54) is 0 Å². The van der Waals surface area contributed by atoms with Gasteiger partial charge in [0.2, 0.25) is 0 Å². The lowest BCUT2D eigenvalue weighted by Crippen LogP contribution is -3.16. The summed E-state index contributed by atoms with van der Waals surface area (Å²) in [6, 6.07) is 8.84. The number of amides is 1. The Morgan fingerprint density at radius 1 is 1.22 bits per heavy atom. The van der Waals surface area contributed by atoms with Gasteiger partial charge in [-0.1, -0.05) is 18.2 Å². The van der Waals surface area contributed by atoms with Gasteiger partial charge in [0, 0.05) is 5.92 Å². The van der Waals surface area contributed by atoms with Gasteiger partial charge >= 0.3 is 5.91 Å². The van der Waals surface area contributed by atoms with Crippen molar-refractivity contribution in [1.82, 2.24) is 4.90 Å². The molecule has 0 radical (unpaired) electrons. The Balaban J connectivity index is 1.75.